The quantitative estimate of drug-likeness (QED) is 0.847. The van der Waals surface area contributed by atoms with E-state index in [4.69, 9.17) is 4.98 Å². The standard InChI is InChI=1S/C22H29N3O2/c1-14(2)21(26)24-13-15-8-10-16(11-9-15)20-12-18(22(27)23-3)17-6-4-5-7-19(17)25-20/h4-7,12,14-16H,8-11,13H2,1-3H3,(H,23,27)(H,24,26). The van der Waals surface area contributed by atoms with Crippen LogP contribution in [-0.4, -0.2) is 30.4 Å². The zero-order chi connectivity index (χ0) is 19.4. The van der Waals surface area contributed by atoms with Crippen LogP contribution in [0.4, 0.5) is 0 Å². The van der Waals surface area contributed by atoms with Gasteiger partial charge < -0.3 is 10.6 Å². The number of hydrogen-bond acceptors (Lipinski definition) is 3. The van der Waals surface area contributed by atoms with Crippen LogP contribution in [0.3, 0.4) is 0 Å². The fourth-order valence-electron chi connectivity index (χ4n) is 3.84. The average molecular weight is 367 g/mol. The molecule has 1 heterocycles. The molecule has 3 rings (SSSR count). The largest absolute Gasteiger partial charge is 0.356 e. The van der Waals surface area contributed by atoms with Crippen molar-refractivity contribution in [3.8, 4) is 0 Å². The SMILES string of the molecule is CNC(=O)c1cc(C2CCC(CNC(=O)C(C)C)CC2)nc2ccccc12. The van der Waals surface area contributed by atoms with E-state index < -0.39 is 0 Å². The van der Waals surface area contributed by atoms with Crippen LogP contribution >= 0.6 is 0 Å². The van der Waals surface area contributed by atoms with Gasteiger partial charge in [-0.05, 0) is 43.7 Å². The van der Waals surface area contributed by atoms with Gasteiger partial charge in [-0.25, -0.2) is 0 Å². The van der Waals surface area contributed by atoms with Crippen molar-refractivity contribution >= 4 is 22.7 Å². The van der Waals surface area contributed by atoms with Gasteiger partial charge in [0.15, 0.2) is 0 Å². The van der Waals surface area contributed by atoms with E-state index in [-0.39, 0.29) is 17.7 Å². The third-order valence-electron chi connectivity index (χ3n) is 5.56. The molecule has 2 amide bonds. The van der Waals surface area contributed by atoms with Gasteiger partial charge in [-0.1, -0.05) is 32.0 Å². The van der Waals surface area contributed by atoms with Gasteiger partial charge in [-0.15, -0.1) is 0 Å². The smallest absolute Gasteiger partial charge is 0.251 e. The van der Waals surface area contributed by atoms with Crippen LogP contribution in [0.5, 0.6) is 0 Å². The van der Waals surface area contributed by atoms with Gasteiger partial charge in [0.05, 0.1) is 11.1 Å². The molecular formula is C22H29N3O2. The van der Waals surface area contributed by atoms with Crippen LogP contribution in [0.1, 0.15) is 61.5 Å². The number of para-hydroxylation sites is 1. The number of benzene rings is 1. The molecule has 5 nitrogen and oxygen atoms in total. The normalized spacial score (nSPS) is 19.9. The van der Waals surface area contributed by atoms with E-state index in [0.717, 1.165) is 48.8 Å². The minimum absolute atomic E-state index is 0.0336. The maximum Gasteiger partial charge on any atom is 0.251 e. The van der Waals surface area contributed by atoms with E-state index >= 15 is 0 Å². The molecule has 1 aliphatic carbocycles. The van der Waals surface area contributed by atoms with E-state index in [1.165, 1.54) is 0 Å². The first-order chi connectivity index (χ1) is 13.0. The number of carbonyl (C=O) groups is 2. The molecule has 0 atom stereocenters. The summed E-state index contributed by atoms with van der Waals surface area (Å²) in [4.78, 5) is 29.0. The summed E-state index contributed by atoms with van der Waals surface area (Å²) in [5, 5.41) is 6.69. The first-order valence-corrected chi connectivity index (χ1v) is 9.89. The summed E-state index contributed by atoms with van der Waals surface area (Å²) in [5.41, 5.74) is 2.58. The second-order valence-corrected chi connectivity index (χ2v) is 7.81. The Morgan fingerprint density at radius 2 is 1.85 bits per heavy atom. The molecule has 0 radical (unpaired) electrons. The van der Waals surface area contributed by atoms with Gasteiger partial charge in [0.2, 0.25) is 5.91 Å². The molecule has 0 unspecified atom stereocenters. The lowest BCUT2D eigenvalue weighted by Crippen LogP contribution is -2.33. The van der Waals surface area contributed by atoms with E-state index in [1.807, 2.05) is 44.2 Å². The van der Waals surface area contributed by atoms with Crippen LogP contribution in [0.2, 0.25) is 0 Å². The van der Waals surface area contributed by atoms with Gasteiger partial charge in [0, 0.05) is 36.5 Å². The third-order valence-corrected chi connectivity index (χ3v) is 5.56. The molecule has 0 spiro atoms. The second kappa shape index (κ2) is 8.51. The minimum atomic E-state index is -0.0695. The van der Waals surface area contributed by atoms with Crippen LogP contribution in [0.15, 0.2) is 30.3 Å². The summed E-state index contributed by atoms with van der Waals surface area (Å²) in [6.07, 6.45) is 4.24. The highest BCUT2D eigenvalue weighted by atomic mass is 16.2. The Kier molecular flexibility index (Phi) is 6.09. The summed E-state index contributed by atoms with van der Waals surface area (Å²) >= 11 is 0. The Bertz CT molecular complexity index is 823. The molecule has 2 N–H and O–H groups in total. The minimum Gasteiger partial charge on any atom is -0.356 e. The predicted molar refractivity (Wildman–Crippen MR) is 108 cm³/mol. The van der Waals surface area contributed by atoms with Crippen molar-refractivity contribution < 1.29 is 9.59 Å². The topological polar surface area (TPSA) is 71.1 Å². The molecule has 27 heavy (non-hydrogen) atoms. The van der Waals surface area contributed by atoms with E-state index in [9.17, 15) is 9.59 Å². The van der Waals surface area contributed by atoms with Gasteiger partial charge >= 0.3 is 0 Å². The van der Waals surface area contributed by atoms with Crippen molar-refractivity contribution in [3.63, 3.8) is 0 Å². The zero-order valence-electron chi connectivity index (χ0n) is 16.4. The molecule has 1 saturated carbocycles. The fraction of sp³-hybridized carbons (Fsp3) is 0.500. The Morgan fingerprint density at radius 3 is 2.52 bits per heavy atom. The Balaban J connectivity index is 1.72. The number of nitrogens with zero attached hydrogens (tertiary/aromatic N) is 1. The van der Waals surface area contributed by atoms with Gasteiger partial charge in [-0.2, -0.15) is 0 Å². The van der Waals surface area contributed by atoms with Crippen LogP contribution in [0, 0.1) is 11.8 Å². The van der Waals surface area contributed by atoms with Crippen molar-refractivity contribution in [1.29, 1.82) is 0 Å². The number of aromatic nitrogens is 1. The number of fused-ring (bicyclic) bond motifs is 1. The maximum atomic E-state index is 12.3. The van der Waals surface area contributed by atoms with Crippen molar-refractivity contribution in [2.24, 2.45) is 11.8 Å². The highest BCUT2D eigenvalue weighted by Gasteiger charge is 2.25. The molecular weight excluding hydrogens is 338 g/mol. The lowest BCUT2D eigenvalue weighted by atomic mass is 9.80. The van der Waals surface area contributed by atoms with Crippen LogP contribution < -0.4 is 10.6 Å². The number of rotatable bonds is 5. The molecule has 144 valence electrons. The maximum absolute atomic E-state index is 12.3. The Morgan fingerprint density at radius 1 is 1.15 bits per heavy atom. The monoisotopic (exact) mass is 367 g/mol. The molecule has 1 aromatic heterocycles. The molecule has 5 heteroatoms. The predicted octanol–water partition coefficient (Wildman–Crippen LogP) is 3.64. The van der Waals surface area contributed by atoms with Gasteiger partial charge in [0.25, 0.3) is 5.91 Å². The Labute approximate surface area is 160 Å². The Hall–Kier alpha value is -2.43. The number of amides is 2. The highest BCUT2D eigenvalue weighted by Crippen LogP contribution is 2.36. The molecule has 2 aromatic rings. The first-order valence-electron chi connectivity index (χ1n) is 9.89. The lowest BCUT2D eigenvalue weighted by Gasteiger charge is -2.29. The van der Waals surface area contributed by atoms with E-state index in [0.29, 0.717) is 17.4 Å². The third kappa shape index (κ3) is 4.46. The molecule has 1 aromatic carbocycles. The second-order valence-electron chi connectivity index (χ2n) is 7.81. The highest BCUT2D eigenvalue weighted by molar-refractivity contribution is 6.06. The van der Waals surface area contributed by atoms with Gasteiger partial charge in [-0.3, -0.25) is 14.6 Å². The van der Waals surface area contributed by atoms with E-state index in [2.05, 4.69) is 10.6 Å². The lowest BCUT2D eigenvalue weighted by molar-refractivity contribution is -0.124. The summed E-state index contributed by atoms with van der Waals surface area (Å²) < 4.78 is 0. The molecule has 0 saturated heterocycles. The van der Waals surface area contributed by atoms with Crippen LogP contribution in [0.25, 0.3) is 10.9 Å². The number of hydrogen-bond donors (Lipinski definition) is 2. The number of nitrogens with one attached hydrogen (secondary N) is 2. The molecule has 0 bridgehead atoms. The van der Waals surface area contributed by atoms with Gasteiger partial charge in [0.1, 0.15) is 0 Å². The summed E-state index contributed by atoms with van der Waals surface area (Å²) in [7, 11) is 1.66. The van der Waals surface area contributed by atoms with Crippen molar-refractivity contribution in [2.75, 3.05) is 13.6 Å². The molecule has 1 aliphatic rings. The van der Waals surface area contributed by atoms with Crippen molar-refractivity contribution in [1.82, 2.24) is 15.6 Å². The first kappa shape index (κ1) is 19.3. The number of pyridine rings is 1. The van der Waals surface area contributed by atoms with Crippen LogP contribution in [-0.2, 0) is 4.79 Å². The molecule has 0 aliphatic heterocycles. The average Bonchev–Trinajstić information content (AvgIpc) is 2.70. The summed E-state index contributed by atoms with van der Waals surface area (Å²) in [6, 6.07) is 9.78. The fourth-order valence-corrected chi connectivity index (χ4v) is 3.84. The van der Waals surface area contributed by atoms with Crippen molar-refractivity contribution in [2.45, 2.75) is 45.4 Å². The van der Waals surface area contributed by atoms with Crippen molar-refractivity contribution in [3.05, 3.63) is 41.6 Å². The number of carbonyl (C=O) groups excluding carboxylic acids is 2. The zero-order valence-corrected chi connectivity index (χ0v) is 16.4. The summed E-state index contributed by atoms with van der Waals surface area (Å²) in [5.74, 6) is 0.993. The van der Waals surface area contributed by atoms with E-state index in [1.54, 1.807) is 7.05 Å². The molecule has 1 fully saturated rings. The summed E-state index contributed by atoms with van der Waals surface area (Å²) in [6.45, 7) is 4.60.